The van der Waals surface area contributed by atoms with E-state index in [-0.39, 0.29) is 0 Å². The molecule has 3 aromatic rings. The quantitative estimate of drug-likeness (QED) is 0.775. The number of nitrogens with zero attached hydrogens (tertiary/aromatic N) is 2. The summed E-state index contributed by atoms with van der Waals surface area (Å²) in [6.45, 7) is 3.18. The number of hydrogen-bond donors (Lipinski definition) is 1. The minimum absolute atomic E-state index is 0.337. The van der Waals surface area contributed by atoms with E-state index < -0.39 is 0 Å². The van der Waals surface area contributed by atoms with Crippen molar-refractivity contribution in [1.82, 2.24) is 15.1 Å². The van der Waals surface area contributed by atoms with Crippen molar-refractivity contribution < 1.29 is 0 Å². The number of aryl methyl sites for hydroxylation is 1. The summed E-state index contributed by atoms with van der Waals surface area (Å²) >= 11 is 0. The van der Waals surface area contributed by atoms with Gasteiger partial charge in [-0.2, -0.15) is 5.10 Å². The first-order valence-corrected chi connectivity index (χ1v) is 7.43. The Morgan fingerprint density at radius 1 is 1.10 bits per heavy atom. The average molecular weight is 279 g/mol. The van der Waals surface area contributed by atoms with Crippen molar-refractivity contribution in [2.45, 2.75) is 19.4 Å². The zero-order valence-corrected chi connectivity index (χ0v) is 12.6. The van der Waals surface area contributed by atoms with E-state index in [1.165, 1.54) is 22.0 Å². The van der Waals surface area contributed by atoms with Crippen LogP contribution in [0, 0.1) is 0 Å². The van der Waals surface area contributed by atoms with Gasteiger partial charge >= 0.3 is 0 Å². The van der Waals surface area contributed by atoms with Crippen molar-refractivity contribution >= 4 is 10.8 Å². The molecule has 108 valence electrons. The molecule has 0 aliphatic carbocycles. The van der Waals surface area contributed by atoms with Gasteiger partial charge in [0, 0.05) is 37.9 Å². The Bertz CT molecular complexity index is 725. The molecular weight excluding hydrogens is 258 g/mol. The van der Waals surface area contributed by atoms with E-state index in [4.69, 9.17) is 0 Å². The molecule has 0 saturated heterocycles. The van der Waals surface area contributed by atoms with Crippen molar-refractivity contribution in [2.75, 3.05) is 6.54 Å². The molecule has 0 saturated carbocycles. The van der Waals surface area contributed by atoms with Gasteiger partial charge < -0.3 is 5.32 Å². The summed E-state index contributed by atoms with van der Waals surface area (Å²) in [7, 11) is 1.99. The molecule has 2 aromatic carbocycles. The first-order chi connectivity index (χ1) is 10.3. The van der Waals surface area contributed by atoms with Gasteiger partial charge in [0.1, 0.15) is 0 Å². The lowest BCUT2D eigenvalue weighted by atomic mass is 9.99. The third-order valence-corrected chi connectivity index (χ3v) is 4.04. The minimum atomic E-state index is 0.337. The first-order valence-electron chi connectivity index (χ1n) is 7.43. The van der Waals surface area contributed by atoms with Crippen molar-refractivity contribution in [3.05, 3.63) is 66.0 Å². The summed E-state index contributed by atoms with van der Waals surface area (Å²) in [5.41, 5.74) is 2.62. The Balaban J connectivity index is 1.69. The molecule has 1 heterocycles. The highest BCUT2D eigenvalue weighted by molar-refractivity contribution is 5.86. The lowest BCUT2D eigenvalue weighted by Gasteiger charge is -2.16. The average Bonchev–Trinajstić information content (AvgIpc) is 2.92. The topological polar surface area (TPSA) is 29.9 Å². The Hall–Kier alpha value is -2.13. The van der Waals surface area contributed by atoms with Gasteiger partial charge in [-0.25, -0.2) is 0 Å². The molecule has 0 aliphatic heterocycles. The molecule has 0 spiro atoms. The molecule has 0 amide bonds. The van der Waals surface area contributed by atoms with Gasteiger partial charge in [0.2, 0.25) is 0 Å². The number of rotatable bonds is 5. The molecule has 3 rings (SSSR count). The largest absolute Gasteiger partial charge is 0.310 e. The normalized spacial score (nSPS) is 12.7. The molecule has 3 heteroatoms. The Morgan fingerprint density at radius 3 is 2.71 bits per heavy atom. The van der Waals surface area contributed by atoms with Gasteiger partial charge in [-0.15, -0.1) is 0 Å². The van der Waals surface area contributed by atoms with Crippen LogP contribution >= 0.6 is 0 Å². The molecule has 21 heavy (non-hydrogen) atoms. The molecule has 0 bridgehead atoms. The first kappa shape index (κ1) is 13.8. The van der Waals surface area contributed by atoms with Crippen LogP contribution in [0.15, 0.2) is 54.7 Å². The molecule has 3 nitrogen and oxygen atoms in total. The van der Waals surface area contributed by atoms with Crippen LogP contribution in [0.4, 0.5) is 0 Å². The molecule has 0 fully saturated rings. The van der Waals surface area contributed by atoms with Crippen molar-refractivity contribution in [3.63, 3.8) is 0 Å². The number of fused-ring (bicyclic) bond motifs is 1. The summed E-state index contributed by atoms with van der Waals surface area (Å²) < 4.78 is 1.93. The maximum atomic E-state index is 4.20. The summed E-state index contributed by atoms with van der Waals surface area (Å²) in [5, 5.41) is 10.5. The SMILES string of the molecule is CC(NCCc1ccnn1C)c1cccc2ccccc12. The van der Waals surface area contributed by atoms with E-state index in [9.17, 15) is 0 Å². The number of nitrogens with one attached hydrogen (secondary N) is 1. The van der Waals surface area contributed by atoms with Crippen LogP contribution < -0.4 is 5.32 Å². The molecule has 1 N–H and O–H groups in total. The summed E-state index contributed by atoms with van der Waals surface area (Å²) in [6, 6.07) is 17.5. The smallest absolute Gasteiger partial charge is 0.0492 e. The fraction of sp³-hybridized carbons (Fsp3) is 0.278. The van der Waals surface area contributed by atoms with Crippen LogP contribution in [-0.2, 0) is 13.5 Å². The second kappa shape index (κ2) is 6.10. The van der Waals surface area contributed by atoms with Crippen LogP contribution in [0.2, 0.25) is 0 Å². The zero-order chi connectivity index (χ0) is 14.7. The number of hydrogen-bond acceptors (Lipinski definition) is 2. The van der Waals surface area contributed by atoms with Gasteiger partial charge in [-0.05, 0) is 29.3 Å². The highest BCUT2D eigenvalue weighted by Crippen LogP contribution is 2.23. The van der Waals surface area contributed by atoms with Gasteiger partial charge in [0.25, 0.3) is 0 Å². The zero-order valence-electron chi connectivity index (χ0n) is 12.6. The van der Waals surface area contributed by atoms with Gasteiger partial charge in [-0.1, -0.05) is 42.5 Å². The van der Waals surface area contributed by atoms with E-state index in [1.54, 1.807) is 0 Å². The van der Waals surface area contributed by atoms with Gasteiger partial charge in [0.15, 0.2) is 0 Å². The minimum Gasteiger partial charge on any atom is -0.310 e. The Kier molecular flexibility index (Phi) is 4.02. The summed E-state index contributed by atoms with van der Waals surface area (Å²) in [6.07, 6.45) is 2.84. The molecule has 1 unspecified atom stereocenters. The van der Waals surface area contributed by atoms with E-state index in [1.807, 2.05) is 17.9 Å². The van der Waals surface area contributed by atoms with Crippen molar-refractivity contribution in [3.8, 4) is 0 Å². The van der Waals surface area contributed by atoms with Crippen LogP contribution in [0.1, 0.15) is 24.2 Å². The van der Waals surface area contributed by atoms with E-state index in [2.05, 4.69) is 65.9 Å². The number of aromatic nitrogens is 2. The highest BCUT2D eigenvalue weighted by Gasteiger charge is 2.08. The maximum Gasteiger partial charge on any atom is 0.0492 e. The second-order valence-electron chi connectivity index (χ2n) is 5.44. The predicted octanol–water partition coefficient (Wildman–Crippen LogP) is 3.47. The highest BCUT2D eigenvalue weighted by atomic mass is 15.3. The number of benzene rings is 2. The lowest BCUT2D eigenvalue weighted by Crippen LogP contribution is -2.22. The monoisotopic (exact) mass is 279 g/mol. The predicted molar refractivity (Wildman–Crippen MR) is 87.3 cm³/mol. The maximum absolute atomic E-state index is 4.20. The Morgan fingerprint density at radius 2 is 1.90 bits per heavy atom. The summed E-state index contributed by atoms with van der Waals surface area (Å²) in [5.74, 6) is 0. The second-order valence-corrected chi connectivity index (χ2v) is 5.44. The fourth-order valence-electron chi connectivity index (χ4n) is 2.80. The van der Waals surface area contributed by atoms with E-state index in [0.29, 0.717) is 6.04 Å². The molecule has 0 aliphatic rings. The standard InChI is InChI=1S/C18H21N3/c1-14(19-12-10-16-11-13-20-21(16)2)17-9-5-7-15-6-3-4-8-18(15)17/h3-9,11,13-14,19H,10,12H2,1-2H3. The fourth-order valence-corrected chi connectivity index (χ4v) is 2.80. The van der Waals surface area contributed by atoms with Crippen LogP contribution in [0.3, 0.4) is 0 Å². The molecule has 1 atom stereocenters. The third-order valence-electron chi connectivity index (χ3n) is 4.04. The van der Waals surface area contributed by atoms with Crippen molar-refractivity contribution in [1.29, 1.82) is 0 Å². The van der Waals surface area contributed by atoms with E-state index in [0.717, 1.165) is 13.0 Å². The molecule has 0 radical (unpaired) electrons. The van der Waals surface area contributed by atoms with E-state index >= 15 is 0 Å². The van der Waals surface area contributed by atoms with Crippen LogP contribution in [-0.4, -0.2) is 16.3 Å². The van der Waals surface area contributed by atoms with Crippen molar-refractivity contribution in [2.24, 2.45) is 7.05 Å². The molecule has 1 aromatic heterocycles. The molecular formula is C18H21N3. The van der Waals surface area contributed by atoms with Crippen LogP contribution in [0.5, 0.6) is 0 Å². The third kappa shape index (κ3) is 2.98. The van der Waals surface area contributed by atoms with Gasteiger partial charge in [0.05, 0.1) is 0 Å². The van der Waals surface area contributed by atoms with Gasteiger partial charge in [-0.3, -0.25) is 4.68 Å². The lowest BCUT2D eigenvalue weighted by molar-refractivity contribution is 0.567. The Labute approximate surface area is 125 Å². The van der Waals surface area contributed by atoms with Crippen LogP contribution in [0.25, 0.3) is 10.8 Å². The summed E-state index contributed by atoms with van der Waals surface area (Å²) in [4.78, 5) is 0.